The summed E-state index contributed by atoms with van der Waals surface area (Å²) >= 11 is 0. The number of aromatic amines is 1. The zero-order valence-corrected chi connectivity index (χ0v) is 13.8. The molecule has 5 nitrogen and oxygen atoms in total. The monoisotopic (exact) mass is 307 g/mol. The van der Waals surface area contributed by atoms with Gasteiger partial charge in [-0.25, -0.2) is 4.98 Å². The Balaban J connectivity index is 1.61. The van der Waals surface area contributed by atoms with Crippen molar-refractivity contribution in [2.24, 2.45) is 0 Å². The molecule has 1 saturated heterocycles. The van der Waals surface area contributed by atoms with Crippen LogP contribution in [0, 0.1) is 0 Å². The molecule has 22 heavy (non-hydrogen) atoms. The van der Waals surface area contributed by atoms with Crippen LogP contribution in [0.2, 0.25) is 0 Å². The highest BCUT2D eigenvalue weighted by molar-refractivity contribution is 5.19. The molecule has 0 aromatic carbocycles. The minimum absolute atomic E-state index is 0.167. The van der Waals surface area contributed by atoms with E-state index in [4.69, 9.17) is 9.72 Å². The minimum Gasteiger partial charge on any atom is -0.389 e. The number of aliphatic hydroxyl groups is 1. The van der Waals surface area contributed by atoms with Gasteiger partial charge in [0, 0.05) is 12.2 Å². The lowest BCUT2D eigenvalue weighted by molar-refractivity contribution is -0.0105. The van der Waals surface area contributed by atoms with Crippen LogP contribution in [0.4, 0.5) is 0 Å². The number of fused-ring (bicyclic) bond motifs is 1. The average molecular weight is 307 g/mol. The van der Waals surface area contributed by atoms with E-state index >= 15 is 0 Å². The van der Waals surface area contributed by atoms with E-state index in [0.29, 0.717) is 19.2 Å². The molecule has 0 spiro atoms. The summed E-state index contributed by atoms with van der Waals surface area (Å²) in [7, 11) is 0. The largest absolute Gasteiger partial charge is 0.389 e. The Morgan fingerprint density at radius 3 is 2.91 bits per heavy atom. The maximum Gasteiger partial charge on any atom is 0.124 e. The SMILES string of the molecule is CC(C)OC[C@@H](O)CN1CCC[C@@H]1c1nc2c([nH]1)CCCC2. The van der Waals surface area contributed by atoms with Crippen LogP contribution in [0.15, 0.2) is 0 Å². The maximum atomic E-state index is 10.2. The van der Waals surface area contributed by atoms with Gasteiger partial charge in [-0.15, -0.1) is 0 Å². The molecule has 0 radical (unpaired) electrons. The third kappa shape index (κ3) is 3.70. The van der Waals surface area contributed by atoms with Crippen molar-refractivity contribution in [3.8, 4) is 0 Å². The summed E-state index contributed by atoms with van der Waals surface area (Å²) in [6.07, 6.45) is 6.83. The number of rotatable bonds is 6. The van der Waals surface area contributed by atoms with E-state index < -0.39 is 6.10 Å². The second-order valence-electron chi connectivity index (χ2n) is 6.94. The molecular weight excluding hydrogens is 278 g/mol. The fourth-order valence-corrected chi connectivity index (χ4v) is 3.61. The fourth-order valence-electron chi connectivity index (χ4n) is 3.61. The molecule has 1 aromatic rings. The normalized spacial score (nSPS) is 23.9. The van der Waals surface area contributed by atoms with Crippen molar-refractivity contribution in [2.75, 3.05) is 19.7 Å². The first kappa shape index (κ1) is 16.0. The van der Waals surface area contributed by atoms with E-state index in [2.05, 4.69) is 9.88 Å². The van der Waals surface area contributed by atoms with Crippen molar-refractivity contribution in [3.05, 3.63) is 17.2 Å². The Kier molecular flexibility index (Phi) is 5.16. The molecule has 2 aliphatic rings. The summed E-state index contributed by atoms with van der Waals surface area (Å²) in [5.41, 5.74) is 2.62. The van der Waals surface area contributed by atoms with Crippen LogP contribution in [-0.4, -0.2) is 51.9 Å². The minimum atomic E-state index is -0.424. The number of ether oxygens (including phenoxy) is 1. The molecule has 3 rings (SSSR count). The summed E-state index contributed by atoms with van der Waals surface area (Å²) in [4.78, 5) is 10.8. The number of likely N-dealkylation sites (tertiary alicyclic amines) is 1. The Hall–Kier alpha value is -0.910. The zero-order chi connectivity index (χ0) is 15.5. The summed E-state index contributed by atoms with van der Waals surface area (Å²) in [6, 6.07) is 0.333. The molecular formula is C17H29N3O2. The first-order chi connectivity index (χ1) is 10.6. The zero-order valence-electron chi connectivity index (χ0n) is 13.8. The summed E-state index contributed by atoms with van der Waals surface area (Å²) in [5.74, 6) is 1.11. The van der Waals surface area contributed by atoms with Crippen LogP contribution >= 0.6 is 0 Å². The van der Waals surface area contributed by atoms with Gasteiger partial charge < -0.3 is 14.8 Å². The van der Waals surface area contributed by atoms with Gasteiger partial charge in [-0.2, -0.15) is 0 Å². The number of aryl methyl sites for hydroxylation is 2. The van der Waals surface area contributed by atoms with Gasteiger partial charge in [0.05, 0.1) is 30.6 Å². The number of imidazole rings is 1. The number of H-pyrrole nitrogens is 1. The van der Waals surface area contributed by atoms with Crippen molar-refractivity contribution in [3.63, 3.8) is 0 Å². The van der Waals surface area contributed by atoms with Crippen LogP contribution in [0.25, 0.3) is 0 Å². The highest BCUT2D eigenvalue weighted by Crippen LogP contribution is 2.32. The smallest absolute Gasteiger partial charge is 0.124 e. The summed E-state index contributed by atoms with van der Waals surface area (Å²) in [6.45, 7) is 6.12. The third-order valence-corrected chi connectivity index (χ3v) is 4.72. The summed E-state index contributed by atoms with van der Waals surface area (Å²) < 4.78 is 5.52. The lowest BCUT2D eigenvalue weighted by Crippen LogP contribution is -2.35. The number of aliphatic hydroxyl groups excluding tert-OH is 1. The van der Waals surface area contributed by atoms with Crippen molar-refractivity contribution in [1.82, 2.24) is 14.9 Å². The van der Waals surface area contributed by atoms with Gasteiger partial charge in [0.25, 0.3) is 0 Å². The number of β-amino-alcohol motifs (C(OH)–C–C–N with tert-alkyl or cyclic N) is 1. The second kappa shape index (κ2) is 7.11. The molecule has 1 fully saturated rings. The second-order valence-corrected chi connectivity index (χ2v) is 6.94. The number of hydrogen-bond acceptors (Lipinski definition) is 4. The van der Waals surface area contributed by atoms with E-state index in [1.165, 1.54) is 30.7 Å². The molecule has 0 amide bonds. The molecule has 1 aliphatic heterocycles. The Morgan fingerprint density at radius 2 is 2.14 bits per heavy atom. The molecule has 1 aliphatic carbocycles. The van der Waals surface area contributed by atoms with Gasteiger partial charge in [-0.05, 0) is 58.9 Å². The lowest BCUT2D eigenvalue weighted by atomic mass is 10.0. The highest BCUT2D eigenvalue weighted by Gasteiger charge is 2.31. The predicted molar refractivity (Wildman–Crippen MR) is 85.9 cm³/mol. The molecule has 0 saturated carbocycles. The van der Waals surface area contributed by atoms with Crippen LogP contribution in [-0.2, 0) is 17.6 Å². The van der Waals surface area contributed by atoms with Crippen LogP contribution in [0.1, 0.15) is 62.8 Å². The average Bonchev–Trinajstić information content (AvgIpc) is 3.10. The Morgan fingerprint density at radius 1 is 1.32 bits per heavy atom. The third-order valence-electron chi connectivity index (χ3n) is 4.72. The van der Waals surface area contributed by atoms with Gasteiger partial charge in [-0.3, -0.25) is 4.90 Å². The number of nitrogens with zero attached hydrogens (tertiary/aromatic N) is 2. The molecule has 2 heterocycles. The van der Waals surface area contributed by atoms with E-state index in [1.807, 2.05) is 13.8 Å². The van der Waals surface area contributed by atoms with Gasteiger partial charge in [-0.1, -0.05) is 0 Å². The highest BCUT2D eigenvalue weighted by atomic mass is 16.5. The van der Waals surface area contributed by atoms with Crippen LogP contribution in [0.3, 0.4) is 0 Å². The first-order valence-electron chi connectivity index (χ1n) is 8.75. The molecule has 2 atom stereocenters. The maximum absolute atomic E-state index is 10.2. The van der Waals surface area contributed by atoms with Crippen molar-refractivity contribution >= 4 is 0 Å². The molecule has 0 unspecified atom stereocenters. The molecule has 5 heteroatoms. The van der Waals surface area contributed by atoms with Gasteiger partial charge >= 0.3 is 0 Å². The van der Waals surface area contributed by atoms with Gasteiger partial charge in [0.15, 0.2) is 0 Å². The fraction of sp³-hybridized carbons (Fsp3) is 0.824. The van der Waals surface area contributed by atoms with Gasteiger partial charge in [0.1, 0.15) is 5.82 Å². The van der Waals surface area contributed by atoms with Gasteiger partial charge in [0.2, 0.25) is 0 Å². The number of aromatic nitrogens is 2. The Labute approximate surface area is 133 Å². The van der Waals surface area contributed by atoms with Crippen molar-refractivity contribution in [2.45, 2.75) is 70.6 Å². The molecule has 2 N–H and O–H groups in total. The van der Waals surface area contributed by atoms with Crippen molar-refractivity contribution < 1.29 is 9.84 Å². The topological polar surface area (TPSA) is 61.4 Å². The van der Waals surface area contributed by atoms with Crippen molar-refractivity contribution in [1.29, 1.82) is 0 Å². The quantitative estimate of drug-likeness (QED) is 0.846. The predicted octanol–water partition coefficient (Wildman–Crippen LogP) is 2.21. The van der Waals surface area contributed by atoms with Crippen LogP contribution < -0.4 is 0 Å². The van der Waals surface area contributed by atoms with E-state index in [-0.39, 0.29) is 6.10 Å². The van der Waals surface area contributed by atoms with E-state index in [0.717, 1.165) is 31.6 Å². The molecule has 124 valence electrons. The number of hydrogen-bond donors (Lipinski definition) is 2. The first-order valence-corrected chi connectivity index (χ1v) is 8.75. The summed E-state index contributed by atoms with van der Waals surface area (Å²) in [5, 5.41) is 10.2. The molecule has 1 aromatic heterocycles. The molecule has 0 bridgehead atoms. The van der Waals surface area contributed by atoms with E-state index in [9.17, 15) is 5.11 Å². The van der Waals surface area contributed by atoms with Crippen LogP contribution in [0.5, 0.6) is 0 Å². The Bertz CT molecular complexity index is 463. The number of nitrogens with one attached hydrogen (secondary N) is 1. The standard InChI is InChI=1S/C17H29N3O2/c1-12(2)22-11-13(21)10-20-9-5-8-16(20)17-18-14-6-3-4-7-15(14)19-17/h12-13,16,21H,3-11H2,1-2H3,(H,18,19)/t13-,16+/m0/s1. The lowest BCUT2D eigenvalue weighted by Gasteiger charge is -2.25. The van der Waals surface area contributed by atoms with E-state index in [1.54, 1.807) is 0 Å².